The summed E-state index contributed by atoms with van der Waals surface area (Å²) in [5, 5.41) is 13.5. The van der Waals surface area contributed by atoms with Crippen LogP contribution >= 0.6 is 11.3 Å². The summed E-state index contributed by atoms with van der Waals surface area (Å²) in [6.07, 6.45) is 2.69. The summed E-state index contributed by atoms with van der Waals surface area (Å²) in [5.41, 5.74) is 0. The predicted octanol–water partition coefficient (Wildman–Crippen LogP) is 2.26. The molecule has 0 aliphatic rings. The first kappa shape index (κ1) is 12.3. The quantitative estimate of drug-likeness (QED) is 0.767. The first-order valence-corrected chi connectivity index (χ1v) is 6.81. The zero-order chi connectivity index (χ0) is 11.9. The first-order chi connectivity index (χ1) is 8.38. The maximum absolute atomic E-state index is 5.58. The van der Waals surface area contributed by atoms with Gasteiger partial charge in [0.05, 0.1) is 6.42 Å². The molecule has 5 heteroatoms. The maximum atomic E-state index is 5.58. The summed E-state index contributed by atoms with van der Waals surface area (Å²) in [6, 6.07) is 4.11. The first-order valence-electron chi connectivity index (χ1n) is 5.93. The number of hydrogen-bond acceptors (Lipinski definition) is 5. The summed E-state index contributed by atoms with van der Waals surface area (Å²) in [6.45, 7) is 4.09. The van der Waals surface area contributed by atoms with E-state index in [4.69, 9.17) is 4.42 Å². The molecule has 2 aromatic rings. The Labute approximate surface area is 105 Å². The lowest BCUT2D eigenvalue weighted by atomic mass is 10.3. The SMILES string of the molecule is CCCNCCc1nnc(Cc2cccs2)o1. The Morgan fingerprint density at radius 3 is 2.94 bits per heavy atom. The van der Waals surface area contributed by atoms with Crippen LogP contribution in [-0.2, 0) is 12.8 Å². The van der Waals surface area contributed by atoms with Crippen molar-refractivity contribution in [3.63, 3.8) is 0 Å². The maximum Gasteiger partial charge on any atom is 0.221 e. The van der Waals surface area contributed by atoms with Crippen LogP contribution in [0.25, 0.3) is 0 Å². The number of rotatable bonds is 7. The Morgan fingerprint density at radius 1 is 1.29 bits per heavy atom. The molecule has 0 saturated heterocycles. The van der Waals surface area contributed by atoms with Crippen LogP contribution in [0.1, 0.15) is 30.0 Å². The molecule has 17 heavy (non-hydrogen) atoms. The van der Waals surface area contributed by atoms with Crippen molar-refractivity contribution in [2.75, 3.05) is 13.1 Å². The molecule has 0 spiro atoms. The van der Waals surface area contributed by atoms with Crippen molar-refractivity contribution in [3.8, 4) is 0 Å². The van der Waals surface area contributed by atoms with Crippen molar-refractivity contribution in [2.45, 2.75) is 26.2 Å². The molecule has 0 amide bonds. The van der Waals surface area contributed by atoms with Crippen molar-refractivity contribution in [1.29, 1.82) is 0 Å². The monoisotopic (exact) mass is 251 g/mol. The summed E-state index contributed by atoms with van der Waals surface area (Å²) in [4.78, 5) is 1.25. The van der Waals surface area contributed by atoms with Gasteiger partial charge in [-0.1, -0.05) is 13.0 Å². The zero-order valence-corrected chi connectivity index (χ0v) is 10.8. The van der Waals surface area contributed by atoms with E-state index < -0.39 is 0 Å². The predicted molar refractivity (Wildman–Crippen MR) is 68.3 cm³/mol. The van der Waals surface area contributed by atoms with Gasteiger partial charge in [-0.15, -0.1) is 21.5 Å². The second kappa shape index (κ2) is 6.51. The normalized spacial score (nSPS) is 10.9. The minimum Gasteiger partial charge on any atom is -0.425 e. The summed E-state index contributed by atoms with van der Waals surface area (Å²) >= 11 is 1.71. The molecule has 2 rings (SSSR count). The molecule has 0 aliphatic carbocycles. The standard InChI is InChI=1S/C12H17N3OS/c1-2-6-13-7-5-11-14-15-12(16-11)9-10-4-3-8-17-10/h3-4,8,13H,2,5-7,9H2,1H3. The van der Waals surface area contributed by atoms with Gasteiger partial charge >= 0.3 is 0 Å². The fourth-order valence-corrected chi connectivity index (χ4v) is 2.22. The highest BCUT2D eigenvalue weighted by Gasteiger charge is 2.06. The molecule has 1 N–H and O–H groups in total. The van der Waals surface area contributed by atoms with E-state index in [0.717, 1.165) is 38.2 Å². The Morgan fingerprint density at radius 2 is 2.18 bits per heavy atom. The number of hydrogen-bond donors (Lipinski definition) is 1. The topological polar surface area (TPSA) is 51.0 Å². The van der Waals surface area contributed by atoms with Gasteiger partial charge in [-0.2, -0.15) is 0 Å². The van der Waals surface area contributed by atoms with E-state index in [0.29, 0.717) is 5.89 Å². The summed E-state index contributed by atoms with van der Waals surface area (Å²) in [5.74, 6) is 1.43. The molecule has 0 fully saturated rings. The average molecular weight is 251 g/mol. The lowest BCUT2D eigenvalue weighted by Gasteiger charge is -1.98. The molecule has 0 aliphatic heterocycles. The Balaban J connectivity index is 1.79. The van der Waals surface area contributed by atoms with Crippen LogP contribution in [0.5, 0.6) is 0 Å². The lowest BCUT2D eigenvalue weighted by molar-refractivity contribution is 0.452. The van der Waals surface area contributed by atoms with Gasteiger partial charge in [-0.3, -0.25) is 0 Å². The van der Waals surface area contributed by atoms with Gasteiger partial charge in [-0.05, 0) is 24.4 Å². The summed E-state index contributed by atoms with van der Waals surface area (Å²) < 4.78 is 5.58. The molecular weight excluding hydrogens is 234 g/mol. The van der Waals surface area contributed by atoms with Crippen molar-refractivity contribution < 1.29 is 4.42 Å². The largest absolute Gasteiger partial charge is 0.425 e. The molecule has 4 nitrogen and oxygen atoms in total. The average Bonchev–Trinajstić information content (AvgIpc) is 2.97. The van der Waals surface area contributed by atoms with Crippen LogP contribution < -0.4 is 5.32 Å². The number of nitrogens with one attached hydrogen (secondary N) is 1. The smallest absolute Gasteiger partial charge is 0.221 e. The molecule has 0 radical (unpaired) electrons. The minimum atomic E-state index is 0.706. The van der Waals surface area contributed by atoms with E-state index in [1.807, 2.05) is 6.07 Å². The number of thiophene rings is 1. The number of nitrogens with zero attached hydrogens (tertiary/aromatic N) is 2. The third kappa shape index (κ3) is 3.94. The molecule has 0 bridgehead atoms. The third-order valence-corrected chi connectivity index (χ3v) is 3.23. The molecule has 0 unspecified atom stereocenters. The number of aromatic nitrogens is 2. The molecule has 0 aromatic carbocycles. The van der Waals surface area contributed by atoms with E-state index in [1.165, 1.54) is 4.88 Å². The van der Waals surface area contributed by atoms with Crippen LogP contribution in [-0.4, -0.2) is 23.3 Å². The lowest BCUT2D eigenvalue weighted by Crippen LogP contribution is -2.17. The second-order valence-electron chi connectivity index (χ2n) is 3.85. The van der Waals surface area contributed by atoms with Crippen LogP contribution in [0.3, 0.4) is 0 Å². The van der Waals surface area contributed by atoms with Crippen LogP contribution in [0.15, 0.2) is 21.9 Å². The highest BCUT2D eigenvalue weighted by molar-refractivity contribution is 7.09. The molecular formula is C12H17N3OS. The Bertz CT molecular complexity index is 425. The highest BCUT2D eigenvalue weighted by Crippen LogP contribution is 2.13. The van der Waals surface area contributed by atoms with Gasteiger partial charge in [-0.25, -0.2) is 0 Å². The Kier molecular flexibility index (Phi) is 4.70. The molecule has 2 aromatic heterocycles. The molecule has 2 heterocycles. The van der Waals surface area contributed by atoms with Crippen molar-refractivity contribution in [2.24, 2.45) is 0 Å². The van der Waals surface area contributed by atoms with E-state index in [-0.39, 0.29) is 0 Å². The fraction of sp³-hybridized carbons (Fsp3) is 0.500. The molecule has 0 saturated carbocycles. The molecule has 0 atom stereocenters. The Hall–Kier alpha value is -1.20. The van der Waals surface area contributed by atoms with E-state index in [2.05, 4.69) is 33.9 Å². The van der Waals surface area contributed by atoms with Gasteiger partial charge in [0.15, 0.2) is 0 Å². The van der Waals surface area contributed by atoms with Gasteiger partial charge < -0.3 is 9.73 Å². The highest BCUT2D eigenvalue weighted by atomic mass is 32.1. The summed E-state index contributed by atoms with van der Waals surface area (Å²) in [7, 11) is 0. The van der Waals surface area contributed by atoms with Crippen molar-refractivity contribution in [3.05, 3.63) is 34.2 Å². The second-order valence-corrected chi connectivity index (χ2v) is 4.88. The van der Waals surface area contributed by atoms with Crippen LogP contribution in [0, 0.1) is 0 Å². The van der Waals surface area contributed by atoms with E-state index >= 15 is 0 Å². The van der Waals surface area contributed by atoms with Crippen LogP contribution in [0.2, 0.25) is 0 Å². The van der Waals surface area contributed by atoms with Gasteiger partial charge in [0.1, 0.15) is 0 Å². The van der Waals surface area contributed by atoms with Crippen LogP contribution in [0.4, 0.5) is 0 Å². The van der Waals surface area contributed by atoms with E-state index in [9.17, 15) is 0 Å². The van der Waals surface area contributed by atoms with E-state index in [1.54, 1.807) is 11.3 Å². The van der Waals surface area contributed by atoms with Gasteiger partial charge in [0.2, 0.25) is 11.8 Å². The zero-order valence-electron chi connectivity index (χ0n) is 9.98. The van der Waals surface area contributed by atoms with Gasteiger partial charge in [0.25, 0.3) is 0 Å². The van der Waals surface area contributed by atoms with Gasteiger partial charge in [0, 0.05) is 17.8 Å². The van der Waals surface area contributed by atoms with Crippen molar-refractivity contribution >= 4 is 11.3 Å². The third-order valence-electron chi connectivity index (χ3n) is 2.36. The van der Waals surface area contributed by atoms with Crippen molar-refractivity contribution in [1.82, 2.24) is 15.5 Å². The molecule has 92 valence electrons. The fourth-order valence-electron chi connectivity index (χ4n) is 1.52. The minimum absolute atomic E-state index is 0.706.